The molecule has 0 aliphatic rings. The molecule has 0 aliphatic carbocycles. The lowest BCUT2D eigenvalue weighted by atomic mass is 10.2. The Bertz CT molecular complexity index is 1360. The van der Waals surface area contributed by atoms with E-state index >= 15 is 0 Å². The summed E-state index contributed by atoms with van der Waals surface area (Å²) in [5.74, 6) is 0.483. The number of methoxy groups -OCH3 is 1. The molecule has 2 N–H and O–H groups in total. The van der Waals surface area contributed by atoms with Gasteiger partial charge in [-0.2, -0.15) is 0 Å². The number of rotatable bonds is 8. The summed E-state index contributed by atoms with van der Waals surface area (Å²) in [6.07, 6.45) is 0. The predicted molar refractivity (Wildman–Crippen MR) is 144 cm³/mol. The topological polar surface area (TPSA) is 80.3 Å². The maximum Gasteiger partial charge on any atom is 0.257 e. The number of thiazole rings is 1. The zero-order valence-corrected chi connectivity index (χ0v) is 21.5. The highest BCUT2D eigenvalue weighted by molar-refractivity contribution is 8.00. The molecule has 10 heteroatoms. The summed E-state index contributed by atoms with van der Waals surface area (Å²) >= 11 is 14.7. The van der Waals surface area contributed by atoms with Gasteiger partial charge >= 0.3 is 0 Å². The molecule has 6 nitrogen and oxygen atoms in total. The van der Waals surface area contributed by atoms with Crippen molar-refractivity contribution in [1.29, 1.82) is 0 Å². The Kier molecular flexibility index (Phi) is 8.30. The molecule has 35 heavy (non-hydrogen) atoms. The number of amides is 2. The van der Waals surface area contributed by atoms with E-state index < -0.39 is 0 Å². The second-order valence-electron chi connectivity index (χ2n) is 7.21. The zero-order chi connectivity index (χ0) is 24.8. The third kappa shape index (κ3) is 6.76. The van der Waals surface area contributed by atoms with E-state index in [0.29, 0.717) is 21.4 Å². The fourth-order valence-electron chi connectivity index (χ4n) is 3.06. The van der Waals surface area contributed by atoms with Crippen molar-refractivity contribution in [2.75, 3.05) is 23.5 Å². The highest BCUT2D eigenvalue weighted by Gasteiger charge is 2.12. The lowest BCUT2D eigenvalue weighted by molar-refractivity contribution is -0.113. The monoisotopic (exact) mass is 543 g/mol. The number of hydrogen-bond acceptors (Lipinski definition) is 6. The minimum absolute atomic E-state index is 0.156. The van der Waals surface area contributed by atoms with Gasteiger partial charge in [0.2, 0.25) is 5.91 Å². The van der Waals surface area contributed by atoms with Crippen molar-refractivity contribution in [3.05, 3.63) is 87.7 Å². The molecule has 4 rings (SSSR count). The number of ether oxygens (including phenoxy) is 1. The highest BCUT2D eigenvalue weighted by atomic mass is 35.5. The Morgan fingerprint density at radius 2 is 1.83 bits per heavy atom. The summed E-state index contributed by atoms with van der Waals surface area (Å²) in [4.78, 5) is 30.2. The van der Waals surface area contributed by atoms with Crippen molar-refractivity contribution in [2.24, 2.45) is 0 Å². The number of aromatic nitrogens is 1. The van der Waals surface area contributed by atoms with E-state index in [4.69, 9.17) is 27.9 Å². The van der Waals surface area contributed by atoms with Crippen molar-refractivity contribution in [2.45, 2.75) is 4.90 Å². The molecular weight excluding hydrogens is 525 g/mol. The molecule has 1 heterocycles. The van der Waals surface area contributed by atoms with E-state index in [0.717, 1.165) is 21.9 Å². The average Bonchev–Trinajstić information content (AvgIpc) is 3.32. The Hall–Kier alpha value is -3.04. The predicted octanol–water partition coefficient (Wildman–Crippen LogP) is 7.11. The van der Waals surface area contributed by atoms with Gasteiger partial charge in [0.1, 0.15) is 5.75 Å². The van der Waals surface area contributed by atoms with Crippen LogP contribution < -0.4 is 15.4 Å². The van der Waals surface area contributed by atoms with E-state index in [-0.39, 0.29) is 22.6 Å². The Balaban J connectivity index is 1.28. The number of nitrogens with zero attached hydrogens (tertiary/aromatic N) is 1. The van der Waals surface area contributed by atoms with Gasteiger partial charge in [-0.15, -0.1) is 23.1 Å². The van der Waals surface area contributed by atoms with Gasteiger partial charge in [0, 0.05) is 26.5 Å². The van der Waals surface area contributed by atoms with E-state index in [1.54, 1.807) is 31.4 Å². The van der Waals surface area contributed by atoms with E-state index in [1.807, 2.05) is 41.8 Å². The van der Waals surface area contributed by atoms with Crippen molar-refractivity contribution in [3.63, 3.8) is 0 Å². The third-order valence-corrected chi connectivity index (χ3v) is 7.09. The zero-order valence-electron chi connectivity index (χ0n) is 18.4. The summed E-state index contributed by atoms with van der Waals surface area (Å²) in [5, 5.41) is 8.80. The number of halogens is 2. The number of hydrogen-bond donors (Lipinski definition) is 2. The molecule has 3 aromatic carbocycles. The van der Waals surface area contributed by atoms with Crippen LogP contribution in [0.4, 0.5) is 10.8 Å². The first kappa shape index (κ1) is 25.1. The quantitative estimate of drug-likeness (QED) is 0.231. The largest absolute Gasteiger partial charge is 0.497 e. The minimum Gasteiger partial charge on any atom is -0.497 e. The van der Waals surface area contributed by atoms with Gasteiger partial charge in [-0.3, -0.25) is 9.59 Å². The van der Waals surface area contributed by atoms with E-state index in [2.05, 4.69) is 15.6 Å². The molecule has 4 aromatic rings. The molecule has 0 unspecified atom stereocenters. The Morgan fingerprint density at radius 1 is 1.03 bits per heavy atom. The van der Waals surface area contributed by atoms with Crippen molar-refractivity contribution in [3.8, 4) is 17.0 Å². The second-order valence-corrected chi connectivity index (χ2v) is 9.96. The lowest BCUT2D eigenvalue weighted by Gasteiger charge is -2.08. The summed E-state index contributed by atoms with van der Waals surface area (Å²) < 4.78 is 5.25. The van der Waals surface area contributed by atoms with Gasteiger partial charge in [-0.25, -0.2) is 4.98 Å². The fraction of sp³-hybridized carbons (Fsp3) is 0.0800. The van der Waals surface area contributed by atoms with Crippen LogP contribution in [-0.4, -0.2) is 29.7 Å². The van der Waals surface area contributed by atoms with Crippen molar-refractivity contribution in [1.82, 2.24) is 4.98 Å². The number of thioether (sulfide) groups is 1. The lowest BCUT2D eigenvalue weighted by Crippen LogP contribution is -2.14. The van der Waals surface area contributed by atoms with Crippen molar-refractivity contribution >= 4 is 68.9 Å². The number of carbonyl (C=O) groups excluding carboxylic acids is 2. The smallest absolute Gasteiger partial charge is 0.257 e. The van der Waals surface area contributed by atoms with Gasteiger partial charge in [0.15, 0.2) is 5.13 Å². The number of anilines is 2. The summed E-state index contributed by atoms with van der Waals surface area (Å²) in [6.45, 7) is 0. The van der Waals surface area contributed by atoms with Gasteiger partial charge in [-0.1, -0.05) is 35.3 Å². The van der Waals surface area contributed by atoms with Gasteiger partial charge < -0.3 is 15.4 Å². The number of nitrogens with one attached hydrogen (secondary N) is 2. The maximum absolute atomic E-state index is 12.4. The first-order chi connectivity index (χ1) is 16.9. The van der Waals surface area contributed by atoms with Crippen LogP contribution in [0.25, 0.3) is 11.3 Å². The van der Waals surface area contributed by atoms with Gasteiger partial charge in [-0.05, 0) is 54.6 Å². The summed E-state index contributed by atoms with van der Waals surface area (Å²) in [7, 11) is 1.62. The maximum atomic E-state index is 12.4. The SMILES string of the molecule is COc1cccc(-c2csc(NC(=O)CSc3ccc(NC(=O)c4ccc(Cl)cc4Cl)cc3)n2)c1. The molecule has 178 valence electrons. The molecular formula is C25H19Cl2N3O3S2. The molecule has 0 aliphatic heterocycles. The van der Waals surface area contributed by atoms with E-state index in [1.165, 1.54) is 29.2 Å². The first-order valence-electron chi connectivity index (χ1n) is 10.3. The molecule has 0 saturated heterocycles. The van der Waals surface area contributed by atoms with Crippen LogP contribution >= 0.6 is 46.3 Å². The molecule has 0 radical (unpaired) electrons. The standard InChI is InChI=1S/C25H19Cl2N3O3S2/c1-33-18-4-2-3-15(11-18)22-13-35-25(29-22)30-23(31)14-34-19-8-6-17(7-9-19)28-24(32)20-10-5-16(26)12-21(20)27/h2-13H,14H2,1H3,(H,28,32)(H,29,30,31). The average molecular weight is 544 g/mol. The fourth-order valence-corrected chi connectivity index (χ4v) is 4.99. The van der Waals surface area contributed by atoms with Crippen LogP contribution in [0.15, 0.2) is 77.0 Å². The highest BCUT2D eigenvalue weighted by Crippen LogP contribution is 2.28. The van der Waals surface area contributed by atoms with E-state index in [9.17, 15) is 9.59 Å². The molecule has 0 spiro atoms. The summed E-state index contributed by atoms with van der Waals surface area (Å²) in [6, 6.07) is 19.5. The van der Waals surface area contributed by atoms with Crippen LogP contribution in [0, 0.1) is 0 Å². The molecule has 0 bridgehead atoms. The van der Waals surface area contributed by atoms with Crippen LogP contribution in [-0.2, 0) is 4.79 Å². The molecule has 0 fully saturated rings. The van der Waals surface area contributed by atoms with Gasteiger partial charge in [0.05, 0.1) is 29.1 Å². The first-order valence-corrected chi connectivity index (χ1v) is 12.9. The molecule has 2 amide bonds. The number of benzene rings is 3. The third-order valence-electron chi connectivity index (χ3n) is 4.77. The molecule has 0 atom stereocenters. The van der Waals surface area contributed by atoms with Crippen molar-refractivity contribution < 1.29 is 14.3 Å². The summed E-state index contributed by atoms with van der Waals surface area (Å²) in [5.41, 5.74) is 2.64. The van der Waals surface area contributed by atoms with Crippen LogP contribution in [0.2, 0.25) is 10.0 Å². The Morgan fingerprint density at radius 3 is 2.57 bits per heavy atom. The second kappa shape index (κ2) is 11.6. The number of carbonyl (C=O) groups is 2. The normalized spacial score (nSPS) is 10.6. The Labute approximate surface area is 220 Å². The molecule has 0 saturated carbocycles. The minimum atomic E-state index is -0.330. The van der Waals surface area contributed by atoms with Crippen LogP contribution in [0.3, 0.4) is 0 Å². The van der Waals surface area contributed by atoms with Crippen LogP contribution in [0.5, 0.6) is 5.75 Å². The molecule has 1 aromatic heterocycles. The van der Waals surface area contributed by atoms with Gasteiger partial charge in [0.25, 0.3) is 5.91 Å². The van der Waals surface area contributed by atoms with Crippen LogP contribution in [0.1, 0.15) is 10.4 Å².